The van der Waals surface area contributed by atoms with Gasteiger partial charge in [-0.15, -0.1) is 0 Å². The topological polar surface area (TPSA) is 40.5 Å². The standard InChI is InChI=1S/C13H18FNO2/c1-3-6-15(7-8-16)13(17)11-5-4-10(2)9-12(11)14/h4-5,9,16H,3,6-8H2,1-2H3. The Balaban J connectivity index is 2.92. The molecule has 0 unspecified atom stereocenters. The Morgan fingerprint density at radius 1 is 1.41 bits per heavy atom. The van der Waals surface area contributed by atoms with Crippen molar-refractivity contribution in [2.24, 2.45) is 0 Å². The maximum atomic E-state index is 13.6. The van der Waals surface area contributed by atoms with E-state index in [4.69, 9.17) is 5.11 Å². The van der Waals surface area contributed by atoms with Crippen LogP contribution >= 0.6 is 0 Å². The summed E-state index contributed by atoms with van der Waals surface area (Å²) in [5.41, 5.74) is 0.848. The minimum absolute atomic E-state index is 0.0671. The zero-order valence-electron chi connectivity index (χ0n) is 10.2. The van der Waals surface area contributed by atoms with Gasteiger partial charge in [0.15, 0.2) is 0 Å². The highest BCUT2D eigenvalue weighted by Gasteiger charge is 2.17. The zero-order valence-corrected chi connectivity index (χ0v) is 10.2. The molecule has 0 spiro atoms. The first kappa shape index (κ1) is 13.6. The van der Waals surface area contributed by atoms with Crippen LogP contribution in [0.4, 0.5) is 4.39 Å². The molecule has 0 fully saturated rings. The number of aliphatic hydroxyl groups excluding tert-OH is 1. The summed E-state index contributed by atoms with van der Waals surface area (Å²) in [6.45, 7) is 4.35. The number of amides is 1. The summed E-state index contributed by atoms with van der Waals surface area (Å²) in [5, 5.41) is 8.88. The van der Waals surface area contributed by atoms with Crippen molar-refractivity contribution in [2.45, 2.75) is 20.3 Å². The van der Waals surface area contributed by atoms with Gasteiger partial charge in [0.25, 0.3) is 5.91 Å². The summed E-state index contributed by atoms with van der Waals surface area (Å²) in [5.74, 6) is -0.868. The Morgan fingerprint density at radius 3 is 2.65 bits per heavy atom. The first-order valence-electron chi connectivity index (χ1n) is 5.76. The molecule has 0 bridgehead atoms. The maximum absolute atomic E-state index is 13.6. The highest BCUT2D eigenvalue weighted by molar-refractivity contribution is 5.94. The number of hydrogen-bond acceptors (Lipinski definition) is 2. The van der Waals surface area contributed by atoms with Crippen LogP contribution in [0, 0.1) is 12.7 Å². The lowest BCUT2D eigenvalue weighted by atomic mass is 10.1. The molecule has 0 aliphatic carbocycles. The molecular formula is C13H18FNO2. The zero-order chi connectivity index (χ0) is 12.8. The van der Waals surface area contributed by atoms with Crippen molar-refractivity contribution in [1.82, 2.24) is 4.90 Å². The smallest absolute Gasteiger partial charge is 0.256 e. The van der Waals surface area contributed by atoms with Gasteiger partial charge in [0.05, 0.1) is 12.2 Å². The van der Waals surface area contributed by atoms with Crippen molar-refractivity contribution < 1.29 is 14.3 Å². The molecule has 17 heavy (non-hydrogen) atoms. The number of carbonyl (C=O) groups is 1. The lowest BCUT2D eigenvalue weighted by molar-refractivity contribution is 0.0717. The molecule has 0 saturated heterocycles. The van der Waals surface area contributed by atoms with E-state index in [0.717, 1.165) is 12.0 Å². The minimum atomic E-state index is -0.506. The molecule has 1 aromatic carbocycles. The van der Waals surface area contributed by atoms with Crippen LogP contribution in [0.2, 0.25) is 0 Å². The largest absolute Gasteiger partial charge is 0.395 e. The number of rotatable bonds is 5. The van der Waals surface area contributed by atoms with Gasteiger partial charge in [0.2, 0.25) is 0 Å². The molecule has 0 heterocycles. The molecule has 0 aliphatic rings. The molecule has 1 amide bonds. The molecule has 1 rings (SSSR count). The number of nitrogens with zero attached hydrogens (tertiary/aromatic N) is 1. The average Bonchev–Trinajstić information content (AvgIpc) is 2.28. The number of benzene rings is 1. The van der Waals surface area contributed by atoms with E-state index in [1.807, 2.05) is 6.92 Å². The summed E-state index contributed by atoms with van der Waals surface area (Å²) in [6.07, 6.45) is 0.777. The van der Waals surface area contributed by atoms with Crippen LogP contribution in [0.3, 0.4) is 0 Å². The Morgan fingerprint density at radius 2 is 2.12 bits per heavy atom. The van der Waals surface area contributed by atoms with Gasteiger partial charge < -0.3 is 10.0 Å². The maximum Gasteiger partial charge on any atom is 0.256 e. The monoisotopic (exact) mass is 239 g/mol. The summed E-state index contributed by atoms with van der Waals surface area (Å²) in [7, 11) is 0. The van der Waals surface area contributed by atoms with Gasteiger partial charge in [-0.1, -0.05) is 13.0 Å². The second-order valence-electron chi connectivity index (χ2n) is 4.00. The molecule has 0 saturated carbocycles. The SMILES string of the molecule is CCCN(CCO)C(=O)c1ccc(C)cc1F. The summed E-state index contributed by atoms with van der Waals surface area (Å²) >= 11 is 0. The Kier molecular flexibility index (Phi) is 5.10. The van der Waals surface area contributed by atoms with Crippen LogP contribution in [0.1, 0.15) is 29.3 Å². The summed E-state index contributed by atoms with van der Waals surface area (Å²) in [4.78, 5) is 13.5. The molecule has 0 aromatic heterocycles. The highest BCUT2D eigenvalue weighted by atomic mass is 19.1. The number of carbonyl (C=O) groups excluding carboxylic acids is 1. The fourth-order valence-electron chi connectivity index (χ4n) is 1.67. The lowest BCUT2D eigenvalue weighted by Crippen LogP contribution is -2.34. The van der Waals surface area contributed by atoms with Gasteiger partial charge in [-0.05, 0) is 31.0 Å². The Bertz CT molecular complexity index is 387. The van der Waals surface area contributed by atoms with Crippen molar-refractivity contribution in [2.75, 3.05) is 19.7 Å². The first-order valence-corrected chi connectivity index (χ1v) is 5.76. The van der Waals surface area contributed by atoms with Crippen molar-refractivity contribution in [3.8, 4) is 0 Å². The third kappa shape index (κ3) is 3.53. The summed E-state index contributed by atoms with van der Waals surface area (Å²) in [6, 6.07) is 4.54. The molecule has 1 N–H and O–H groups in total. The van der Waals surface area contributed by atoms with E-state index in [1.165, 1.54) is 17.0 Å². The predicted molar refractivity (Wildman–Crippen MR) is 64.4 cm³/mol. The molecule has 1 aromatic rings. The lowest BCUT2D eigenvalue weighted by Gasteiger charge is -2.21. The predicted octanol–water partition coefficient (Wildman–Crippen LogP) is 1.98. The normalized spacial score (nSPS) is 10.4. The van der Waals surface area contributed by atoms with Crippen molar-refractivity contribution in [3.05, 3.63) is 35.1 Å². The fourth-order valence-corrected chi connectivity index (χ4v) is 1.67. The number of halogens is 1. The molecule has 0 aliphatic heterocycles. The minimum Gasteiger partial charge on any atom is -0.395 e. The van der Waals surface area contributed by atoms with Crippen LogP contribution in [0.25, 0.3) is 0 Å². The van der Waals surface area contributed by atoms with Gasteiger partial charge >= 0.3 is 0 Å². The molecule has 4 heteroatoms. The number of hydrogen-bond donors (Lipinski definition) is 1. The molecule has 0 radical (unpaired) electrons. The van der Waals surface area contributed by atoms with Gasteiger partial charge in [0.1, 0.15) is 5.82 Å². The third-order valence-corrected chi connectivity index (χ3v) is 2.51. The van der Waals surface area contributed by atoms with Crippen LogP contribution in [0.15, 0.2) is 18.2 Å². The summed E-state index contributed by atoms with van der Waals surface area (Å²) < 4.78 is 13.6. The van der Waals surface area contributed by atoms with Gasteiger partial charge in [-0.25, -0.2) is 4.39 Å². The molecule has 94 valence electrons. The van der Waals surface area contributed by atoms with Crippen LogP contribution in [0.5, 0.6) is 0 Å². The second-order valence-corrected chi connectivity index (χ2v) is 4.00. The highest BCUT2D eigenvalue weighted by Crippen LogP contribution is 2.12. The average molecular weight is 239 g/mol. The molecule has 0 atom stereocenters. The molecular weight excluding hydrogens is 221 g/mol. The van der Waals surface area contributed by atoms with E-state index >= 15 is 0 Å². The van der Waals surface area contributed by atoms with Crippen LogP contribution in [-0.2, 0) is 0 Å². The number of aryl methyl sites for hydroxylation is 1. The second kappa shape index (κ2) is 6.35. The van der Waals surface area contributed by atoms with E-state index in [0.29, 0.717) is 6.54 Å². The fraction of sp³-hybridized carbons (Fsp3) is 0.462. The first-order chi connectivity index (χ1) is 8.10. The van der Waals surface area contributed by atoms with E-state index < -0.39 is 5.82 Å². The van der Waals surface area contributed by atoms with Crippen molar-refractivity contribution in [1.29, 1.82) is 0 Å². The van der Waals surface area contributed by atoms with Crippen LogP contribution < -0.4 is 0 Å². The van der Waals surface area contributed by atoms with Crippen molar-refractivity contribution in [3.63, 3.8) is 0 Å². The van der Waals surface area contributed by atoms with Gasteiger partial charge in [-0.2, -0.15) is 0 Å². The van der Waals surface area contributed by atoms with E-state index in [-0.39, 0.29) is 24.6 Å². The third-order valence-electron chi connectivity index (χ3n) is 2.51. The Labute approximate surface area is 101 Å². The molecule has 3 nitrogen and oxygen atoms in total. The van der Waals surface area contributed by atoms with Gasteiger partial charge in [-0.3, -0.25) is 4.79 Å². The quantitative estimate of drug-likeness (QED) is 0.853. The van der Waals surface area contributed by atoms with Gasteiger partial charge in [0, 0.05) is 13.1 Å². The number of aliphatic hydroxyl groups is 1. The van der Waals surface area contributed by atoms with E-state index in [1.54, 1.807) is 13.0 Å². The van der Waals surface area contributed by atoms with Crippen LogP contribution in [-0.4, -0.2) is 35.6 Å². The van der Waals surface area contributed by atoms with E-state index in [2.05, 4.69) is 0 Å². The Hall–Kier alpha value is -1.42. The van der Waals surface area contributed by atoms with Crippen molar-refractivity contribution >= 4 is 5.91 Å². The van der Waals surface area contributed by atoms with E-state index in [9.17, 15) is 9.18 Å².